The Morgan fingerprint density at radius 2 is 2.19 bits per heavy atom. The van der Waals surface area contributed by atoms with Gasteiger partial charge in [-0.25, -0.2) is 0 Å². The summed E-state index contributed by atoms with van der Waals surface area (Å²) in [6.07, 6.45) is 1.90. The predicted molar refractivity (Wildman–Crippen MR) is 68.2 cm³/mol. The second kappa shape index (κ2) is 5.09. The molecule has 0 saturated carbocycles. The molecule has 0 amide bonds. The maximum atomic E-state index is 5.80. The van der Waals surface area contributed by atoms with Gasteiger partial charge in [0.25, 0.3) is 0 Å². The highest BCUT2D eigenvalue weighted by atomic mass is 32.1. The van der Waals surface area contributed by atoms with Gasteiger partial charge >= 0.3 is 0 Å². The number of nitrogens with one attached hydrogen (secondary N) is 1. The van der Waals surface area contributed by atoms with Crippen molar-refractivity contribution in [1.82, 2.24) is 10.3 Å². The van der Waals surface area contributed by atoms with E-state index in [9.17, 15) is 0 Å². The van der Waals surface area contributed by atoms with E-state index < -0.39 is 0 Å². The van der Waals surface area contributed by atoms with Crippen LogP contribution in [0.15, 0.2) is 29.8 Å². The van der Waals surface area contributed by atoms with Crippen molar-refractivity contribution in [3.05, 3.63) is 45.9 Å². The summed E-state index contributed by atoms with van der Waals surface area (Å²) in [5.74, 6) is 0. The van der Waals surface area contributed by atoms with E-state index in [1.165, 1.54) is 10.4 Å². The van der Waals surface area contributed by atoms with Gasteiger partial charge < -0.3 is 11.1 Å². The van der Waals surface area contributed by atoms with E-state index in [1.54, 1.807) is 11.3 Å². The van der Waals surface area contributed by atoms with Gasteiger partial charge in [0.1, 0.15) is 0 Å². The van der Waals surface area contributed by atoms with Crippen LogP contribution in [0.25, 0.3) is 0 Å². The molecule has 0 aromatic carbocycles. The maximum Gasteiger partial charge on any atom is 0.0468 e. The van der Waals surface area contributed by atoms with Crippen LogP contribution in [0.3, 0.4) is 0 Å². The summed E-state index contributed by atoms with van der Waals surface area (Å²) in [5.41, 5.74) is 8.92. The zero-order valence-corrected chi connectivity index (χ0v) is 10.1. The van der Waals surface area contributed by atoms with Crippen molar-refractivity contribution in [3.8, 4) is 0 Å². The highest BCUT2D eigenvalue weighted by Crippen LogP contribution is 2.18. The minimum Gasteiger partial charge on any atom is -0.398 e. The molecule has 2 aromatic heterocycles. The molecule has 0 aliphatic rings. The Kier molecular flexibility index (Phi) is 3.54. The first-order chi connectivity index (χ1) is 7.75. The highest BCUT2D eigenvalue weighted by Gasteiger charge is 1.99. The lowest BCUT2D eigenvalue weighted by molar-refractivity contribution is 0.699. The highest BCUT2D eigenvalue weighted by molar-refractivity contribution is 7.10. The van der Waals surface area contributed by atoms with Crippen molar-refractivity contribution >= 4 is 17.0 Å². The molecule has 84 valence electrons. The fourth-order valence-electron chi connectivity index (χ4n) is 1.42. The fraction of sp³-hybridized carbons (Fsp3) is 0.250. The van der Waals surface area contributed by atoms with Crippen molar-refractivity contribution in [1.29, 1.82) is 0 Å². The minimum absolute atomic E-state index is 0.817. The SMILES string of the molecule is Cc1ccc(CNCc2sccc2N)cn1. The second-order valence-electron chi connectivity index (χ2n) is 3.71. The van der Waals surface area contributed by atoms with Crippen LogP contribution in [-0.4, -0.2) is 4.98 Å². The molecule has 16 heavy (non-hydrogen) atoms. The molecule has 0 spiro atoms. The number of hydrogen-bond acceptors (Lipinski definition) is 4. The molecule has 0 radical (unpaired) electrons. The number of pyridine rings is 1. The van der Waals surface area contributed by atoms with E-state index in [4.69, 9.17) is 5.73 Å². The minimum atomic E-state index is 0.817. The number of anilines is 1. The van der Waals surface area contributed by atoms with Crippen LogP contribution in [0.5, 0.6) is 0 Å². The van der Waals surface area contributed by atoms with Crippen molar-refractivity contribution < 1.29 is 0 Å². The first-order valence-corrected chi connectivity index (χ1v) is 6.08. The van der Waals surface area contributed by atoms with Crippen LogP contribution >= 0.6 is 11.3 Å². The Balaban J connectivity index is 1.84. The van der Waals surface area contributed by atoms with Crippen LogP contribution in [0.2, 0.25) is 0 Å². The zero-order chi connectivity index (χ0) is 11.4. The number of aryl methyl sites for hydroxylation is 1. The lowest BCUT2D eigenvalue weighted by atomic mass is 10.2. The van der Waals surface area contributed by atoms with E-state index in [2.05, 4.69) is 16.4 Å². The molecule has 0 saturated heterocycles. The van der Waals surface area contributed by atoms with Gasteiger partial charge in [-0.05, 0) is 30.0 Å². The fourth-order valence-corrected chi connectivity index (χ4v) is 2.19. The van der Waals surface area contributed by atoms with Gasteiger partial charge in [0.05, 0.1) is 0 Å². The standard InChI is InChI=1S/C12H15N3S/c1-9-2-3-10(7-15-9)6-14-8-12-11(13)4-5-16-12/h2-5,7,14H,6,8,13H2,1H3. The Hall–Kier alpha value is -1.39. The molecule has 0 unspecified atom stereocenters. The molecule has 4 heteroatoms. The number of aromatic nitrogens is 1. The monoisotopic (exact) mass is 233 g/mol. The van der Waals surface area contributed by atoms with Crippen molar-refractivity contribution in [2.24, 2.45) is 0 Å². The molecule has 0 aliphatic heterocycles. The summed E-state index contributed by atoms with van der Waals surface area (Å²) in [6.45, 7) is 3.63. The molecular formula is C12H15N3S. The molecular weight excluding hydrogens is 218 g/mol. The topological polar surface area (TPSA) is 50.9 Å². The lowest BCUT2D eigenvalue weighted by Gasteiger charge is -2.04. The Morgan fingerprint density at radius 3 is 2.81 bits per heavy atom. The molecule has 0 atom stereocenters. The molecule has 0 fully saturated rings. The van der Waals surface area contributed by atoms with Crippen LogP contribution in [-0.2, 0) is 13.1 Å². The van der Waals surface area contributed by atoms with Gasteiger partial charge in [-0.2, -0.15) is 0 Å². The molecule has 0 aliphatic carbocycles. The number of nitrogens with zero attached hydrogens (tertiary/aromatic N) is 1. The van der Waals surface area contributed by atoms with E-state index in [0.717, 1.165) is 24.5 Å². The summed E-state index contributed by atoms with van der Waals surface area (Å²) in [5, 5.41) is 5.37. The van der Waals surface area contributed by atoms with Crippen molar-refractivity contribution in [3.63, 3.8) is 0 Å². The Bertz CT molecular complexity index is 448. The van der Waals surface area contributed by atoms with E-state index >= 15 is 0 Å². The first-order valence-electron chi connectivity index (χ1n) is 5.20. The summed E-state index contributed by atoms with van der Waals surface area (Å²) >= 11 is 1.68. The van der Waals surface area contributed by atoms with E-state index in [1.807, 2.05) is 30.6 Å². The van der Waals surface area contributed by atoms with Crippen molar-refractivity contribution in [2.75, 3.05) is 5.73 Å². The van der Waals surface area contributed by atoms with Crippen molar-refractivity contribution in [2.45, 2.75) is 20.0 Å². The third kappa shape index (κ3) is 2.81. The van der Waals surface area contributed by atoms with E-state index in [0.29, 0.717) is 0 Å². The number of thiophene rings is 1. The Labute approximate surface area is 99.3 Å². The van der Waals surface area contributed by atoms with Gasteiger partial charge in [-0.15, -0.1) is 11.3 Å². The van der Waals surface area contributed by atoms with Gasteiger partial charge in [0, 0.05) is 35.5 Å². The summed E-state index contributed by atoms with van der Waals surface area (Å²) in [6, 6.07) is 6.05. The molecule has 3 N–H and O–H groups in total. The third-order valence-electron chi connectivity index (χ3n) is 2.37. The summed E-state index contributed by atoms with van der Waals surface area (Å²) in [4.78, 5) is 5.44. The molecule has 0 bridgehead atoms. The average molecular weight is 233 g/mol. The lowest BCUT2D eigenvalue weighted by Crippen LogP contribution is -2.12. The van der Waals surface area contributed by atoms with Gasteiger partial charge in [0.15, 0.2) is 0 Å². The van der Waals surface area contributed by atoms with Gasteiger partial charge in [0.2, 0.25) is 0 Å². The van der Waals surface area contributed by atoms with E-state index in [-0.39, 0.29) is 0 Å². The largest absolute Gasteiger partial charge is 0.398 e. The van der Waals surface area contributed by atoms with Gasteiger partial charge in [-0.1, -0.05) is 6.07 Å². The van der Waals surface area contributed by atoms with Crippen LogP contribution < -0.4 is 11.1 Å². The Morgan fingerprint density at radius 1 is 1.31 bits per heavy atom. The molecule has 2 aromatic rings. The smallest absolute Gasteiger partial charge is 0.0468 e. The van der Waals surface area contributed by atoms with Crippen LogP contribution in [0.1, 0.15) is 16.1 Å². The number of hydrogen-bond donors (Lipinski definition) is 2. The average Bonchev–Trinajstić information content (AvgIpc) is 2.68. The molecule has 3 nitrogen and oxygen atoms in total. The van der Waals surface area contributed by atoms with Gasteiger partial charge in [-0.3, -0.25) is 4.98 Å². The normalized spacial score (nSPS) is 10.6. The number of rotatable bonds is 4. The summed E-state index contributed by atoms with van der Waals surface area (Å²) in [7, 11) is 0. The van der Waals surface area contributed by atoms with Crippen LogP contribution in [0, 0.1) is 6.92 Å². The maximum absolute atomic E-state index is 5.80. The predicted octanol–water partition coefficient (Wildman–Crippen LogP) is 2.32. The zero-order valence-electron chi connectivity index (χ0n) is 9.23. The quantitative estimate of drug-likeness (QED) is 0.852. The molecule has 2 heterocycles. The van der Waals surface area contributed by atoms with Crippen LogP contribution in [0.4, 0.5) is 5.69 Å². The third-order valence-corrected chi connectivity index (χ3v) is 3.30. The number of nitrogen functional groups attached to an aromatic ring is 1. The molecule has 2 rings (SSSR count). The number of nitrogens with two attached hydrogens (primary N) is 1. The first kappa shape index (κ1) is 11.1. The second-order valence-corrected chi connectivity index (χ2v) is 4.71. The summed E-state index contributed by atoms with van der Waals surface area (Å²) < 4.78 is 0.